The zero-order chi connectivity index (χ0) is 18.8. The predicted molar refractivity (Wildman–Crippen MR) is 108 cm³/mol. The molecular weight excluding hydrogens is 360 g/mol. The predicted octanol–water partition coefficient (Wildman–Crippen LogP) is 3.65. The van der Waals surface area contributed by atoms with Crippen LogP contribution in [0.25, 0.3) is 6.08 Å². The Morgan fingerprint density at radius 1 is 1.30 bits per heavy atom. The quantitative estimate of drug-likeness (QED) is 0.806. The van der Waals surface area contributed by atoms with Gasteiger partial charge in [-0.05, 0) is 48.2 Å². The van der Waals surface area contributed by atoms with E-state index in [1.54, 1.807) is 17.2 Å². The van der Waals surface area contributed by atoms with Crippen molar-refractivity contribution in [3.63, 3.8) is 0 Å². The monoisotopic (exact) mass is 378 g/mol. The van der Waals surface area contributed by atoms with Gasteiger partial charge in [0.05, 0.1) is 12.1 Å². The molecule has 0 atom stereocenters. The van der Waals surface area contributed by atoms with Gasteiger partial charge >= 0.3 is 0 Å². The van der Waals surface area contributed by atoms with Crippen LogP contribution in [-0.2, 0) is 11.3 Å². The molecule has 0 unspecified atom stereocenters. The van der Waals surface area contributed by atoms with E-state index < -0.39 is 0 Å². The number of aryl methyl sites for hydroxylation is 1. The van der Waals surface area contributed by atoms with Crippen molar-refractivity contribution in [1.29, 1.82) is 5.41 Å². The number of thioether (sulfide) groups is 1. The summed E-state index contributed by atoms with van der Waals surface area (Å²) in [6.45, 7) is 3.17. The summed E-state index contributed by atoms with van der Waals surface area (Å²) in [5.74, 6) is 0.604. The normalized spacial score (nSPS) is 17.4. The van der Waals surface area contributed by atoms with Gasteiger partial charge in [0.2, 0.25) is 0 Å². The van der Waals surface area contributed by atoms with E-state index in [4.69, 9.17) is 10.1 Å². The lowest BCUT2D eigenvalue weighted by Crippen LogP contribution is -2.35. The van der Waals surface area contributed by atoms with Crippen molar-refractivity contribution in [2.45, 2.75) is 13.5 Å². The molecular formula is C20H18N4O2S. The Hall–Kier alpha value is -3.06. The van der Waals surface area contributed by atoms with E-state index in [-0.39, 0.29) is 17.3 Å². The summed E-state index contributed by atoms with van der Waals surface area (Å²) in [6, 6.07) is 11.8. The minimum absolute atomic E-state index is 0.148. The van der Waals surface area contributed by atoms with Crippen molar-refractivity contribution >= 4 is 34.7 Å². The molecule has 1 N–H and O–H groups in total. The lowest BCUT2D eigenvalue weighted by Gasteiger charge is -2.22. The Morgan fingerprint density at radius 3 is 3.04 bits per heavy atom. The number of fused-ring (bicyclic) bond motifs is 1. The maximum atomic E-state index is 12.3. The number of nitrogens with one attached hydrogen (secondary N) is 1. The van der Waals surface area contributed by atoms with Crippen LogP contribution in [-0.4, -0.2) is 33.0 Å². The van der Waals surface area contributed by atoms with Crippen molar-refractivity contribution in [2.75, 3.05) is 6.61 Å². The van der Waals surface area contributed by atoms with E-state index in [1.807, 2.05) is 59.5 Å². The highest BCUT2D eigenvalue weighted by atomic mass is 32.2. The molecule has 136 valence electrons. The van der Waals surface area contributed by atoms with Gasteiger partial charge in [-0.25, -0.2) is 0 Å². The largest absolute Gasteiger partial charge is 0.492 e. The molecule has 0 spiro atoms. The van der Waals surface area contributed by atoms with E-state index in [2.05, 4.69) is 4.99 Å². The average molecular weight is 378 g/mol. The smallest absolute Gasteiger partial charge is 0.283 e. The number of amides is 1. The lowest BCUT2D eigenvalue weighted by atomic mass is 10.1. The number of nitrogens with zero attached hydrogens (tertiary/aromatic N) is 3. The standard InChI is InChI=1S/C20H18N4O2S/c1-14-4-2-6-16(12-14)26-10-8-23-7-3-5-15(23)13-17-18(21)24-9-11-27-20(24)22-19(17)25/h2-7,9,11-13,21H,8,10H2,1H3/b17-13-,21-18?. The molecule has 0 aliphatic carbocycles. The summed E-state index contributed by atoms with van der Waals surface area (Å²) in [4.78, 5) is 18.0. The van der Waals surface area contributed by atoms with E-state index >= 15 is 0 Å². The average Bonchev–Trinajstić information content (AvgIpc) is 3.28. The number of benzene rings is 1. The molecule has 1 aromatic carbocycles. The van der Waals surface area contributed by atoms with Crippen LogP contribution in [0.15, 0.2) is 64.8 Å². The zero-order valence-corrected chi connectivity index (χ0v) is 15.6. The van der Waals surface area contributed by atoms with Crippen LogP contribution >= 0.6 is 11.8 Å². The van der Waals surface area contributed by atoms with Crippen LogP contribution in [0.4, 0.5) is 0 Å². The van der Waals surface area contributed by atoms with Gasteiger partial charge < -0.3 is 9.30 Å². The van der Waals surface area contributed by atoms with Gasteiger partial charge in [0.15, 0.2) is 5.17 Å². The molecule has 0 bridgehead atoms. The molecule has 0 radical (unpaired) electrons. The SMILES string of the molecule is Cc1cccc(OCCn2cccc2/C=C2/C(=N)N3C=CSC3=NC2=O)c1. The summed E-state index contributed by atoms with van der Waals surface area (Å²) in [5, 5.41) is 10.7. The van der Waals surface area contributed by atoms with Crippen molar-refractivity contribution in [2.24, 2.45) is 4.99 Å². The van der Waals surface area contributed by atoms with Gasteiger partial charge in [0, 0.05) is 18.1 Å². The molecule has 2 aliphatic heterocycles. The molecule has 3 heterocycles. The Balaban J connectivity index is 1.49. The topological polar surface area (TPSA) is 70.7 Å². The molecule has 2 aliphatic rings. The highest BCUT2D eigenvalue weighted by molar-refractivity contribution is 8.16. The number of carbonyl (C=O) groups is 1. The Bertz CT molecular complexity index is 1000. The molecule has 0 fully saturated rings. The fourth-order valence-corrected chi connectivity index (χ4v) is 3.61. The number of aliphatic imine (C=N–C) groups is 1. The highest BCUT2D eigenvalue weighted by Gasteiger charge is 2.31. The molecule has 0 saturated carbocycles. The number of aromatic nitrogens is 1. The summed E-state index contributed by atoms with van der Waals surface area (Å²) in [6.07, 6.45) is 5.40. The van der Waals surface area contributed by atoms with Crippen LogP contribution in [0.5, 0.6) is 5.75 Å². The minimum atomic E-state index is -0.383. The number of hydrogen-bond donors (Lipinski definition) is 1. The van der Waals surface area contributed by atoms with Crippen molar-refractivity contribution in [1.82, 2.24) is 9.47 Å². The van der Waals surface area contributed by atoms with Crippen LogP contribution in [0, 0.1) is 12.3 Å². The molecule has 27 heavy (non-hydrogen) atoms. The van der Waals surface area contributed by atoms with Crippen molar-refractivity contribution in [3.8, 4) is 5.75 Å². The molecule has 2 aromatic rings. The Labute approximate surface area is 161 Å². The van der Waals surface area contributed by atoms with Crippen LogP contribution in [0.3, 0.4) is 0 Å². The van der Waals surface area contributed by atoms with E-state index in [9.17, 15) is 4.79 Å². The first-order valence-electron chi connectivity index (χ1n) is 8.52. The molecule has 6 nitrogen and oxygen atoms in total. The summed E-state index contributed by atoms with van der Waals surface area (Å²) in [5.41, 5.74) is 2.28. The fraction of sp³-hybridized carbons (Fsp3) is 0.150. The van der Waals surface area contributed by atoms with Gasteiger partial charge in [-0.2, -0.15) is 4.99 Å². The molecule has 4 rings (SSSR count). The first kappa shape index (κ1) is 17.4. The first-order valence-corrected chi connectivity index (χ1v) is 9.40. The number of carbonyl (C=O) groups excluding carboxylic acids is 1. The van der Waals surface area contributed by atoms with Gasteiger partial charge in [-0.3, -0.25) is 15.1 Å². The molecule has 1 aromatic heterocycles. The maximum absolute atomic E-state index is 12.3. The highest BCUT2D eigenvalue weighted by Crippen LogP contribution is 2.27. The molecule has 0 saturated heterocycles. The Morgan fingerprint density at radius 2 is 2.19 bits per heavy atom. The van der Waals surface area contributed by atoms with Crippen LogP contribution < -0.4 is 4.74 Å². The first-order chi connectivity index (χ1) is 13.1. The van der Waals surface area contributed by atoms with Crippen LogP contribution in [0.1, 0.15) is 11.3 Å². The summed E-state index contributed by atoms with van der Waals surface area (Å²) >= 11 is 1.34. The van der Waals surface area contributed by atoms with Crippen molar-refractivity contribution in [3.05, 3.63) is 71.0 Å². The van der Waals surface area contributed by atoms with E-state index in [0.717, 1.165) is 17.0 Å². The second-order valence-electron chi connectivity index (χ2n) is 6.17. The third-order valence-electron chi connectivity index (χ3n) is 4.26. The van der Waals surface area contributed by atoms with Gasteiger partial charge in [-0.1, -0.05) is 23.9 Å². The molecule has 7 heteroatoms. The van der Waals surface area contributed by atoms with Gasteiger partial charge in [0.1, 0.15) is 18.2 Å². The van der Waals surface area contributed by atoms with E-state index in [0.29, 0.717) is 18.3 Å². The summed E-state index contributed by atoms with van der Waals surface area (Å²) in [7, 11) is 0. The zero-order valence-electron chi connectivity index (χ0n) is 14.8. The lowest BCUT2D eigenvalue weighted by molar-refractivity contribution is -0.114. The van der Waals surface area contributed by atoms with E-state index in [1.165, 1.54) is 11.8 Å². The second kappa shape index (κ2) is 7.28. The number of ether oxygens (including phenoxy) is 1. The van der Waals surface area contributed by atoms with Crippen molar-refractivity contribution < 1.29 is 9.53 Å². The van der Waals surface area contributed by atoms with Gasteiger partial charge in [0.25, 0.3) is 5.91 Å². The third-order valence-corrected chi connectivity index (χ3v) is 5.02. The third kappa shape index (κ3) is 3.59. The van der Waals surface area contributed by atoms with Crippen LogP contribution in [0.2, 0.25) is 0 Å². The Kier molecular flexibility index (Phi) is 4.68. The number of rotatable bonds is 5. The summed E-state index contributed by atoms with van der Waals surface area (Å²) < 4.78 is 7.81. The van der Waals surface area contributed by atoms with Gasteiger partial charge in [-0.15, -0.1) is 0 Å². The minimum Gasteiger partial charge on any atom is -0.492 e. The fourth-order valence-electron chi connectivity index (χ4n) is 2.91. The maximum Gasteiger partial charge on any atom is 0.283 e. The number of amidine groups is 2. The second-order valence-corrected chi connectivity index (χ2v) is 7.04. The number of hydrogen-bond acceptors (Lipinski definition) is 4. The molecule has 1 amide bonds.